The number of aliphatic hydroxyl groups excluding tert-OH is 1. The highest BCUT2D eigenvalue weighted by molar-refractivity contribution is 4.71. The molecule has 0 aliphatic carbocycles. The van der Waals surface area contributed by atoms with E-state index in [4.69, 9.17) is 0 Å². The van der Waals surface area contributed by atoms with Gasteiger partial charge in [0.15, 0.2) is 0 Å². The average molecular weight is 230 g/mol. The van der Waals surface area contributed by atoms with Gasteiger partial charge in [0.25, 0.3) is 0 Å². The summed E-state index contributed by atoms with van der Waals surface area (Å²) in [4.78, 5) is 2.41. The minimum absolute atomic E-state index is 0.245. The van der Waals surface area contributed by atoms with Crippen LogP contribution < -0.4 is 5.32 Å². The highest BCUT2D eigenvalue weighted by atomic mass is 16.3. The summed E-state index contributed by atoms with van der Waals surface area (Å²) < 4.78 is 0. The van der Waals surface area contributed by atoms with Crippen molar-refractivity contribution in [1.29, 1.82) is 0 Å². The molecule has 0 saturated carbocycles. The van der Waals surface area contributed by atoms with E-state index in [1.54, 1.807) is 0 Å². The summed E-state index contributed by atoms with van der Waals surface area (Å²) in [5.41, 5.74) is 0. The standard InChI is InChI=1S/C13H30N2O/c1-5-8-9-15(12(4)6-2)11-13(16)10-14-7-3/h12-14,16H,5-11H2,1-4H3. The molecule has 0 rings (SSSR count). The van der Waals surface area contributed by atoms with E-state index in [-0.39, 0.29) is 6.10 Å². The Morgan fingerprint density at radius 1 is 1.25 bits per heavy atom. The van der Waals surface area contributed by atoms with Gasteiger partial charge in [-0.25, -0.2) is 0 Å². The molecular formula is C13H30N2O. The van der Waals surface area contributed by atoms with Crippen LogP contribution in [0.3, 0.4) is 0 Å². The molecule has 98 valence electrons. The smallest absolute Gasteiger partial charge is 0.0791 e. The number of unbranched alkanes of at least 4 members (excludes halogenated alkanes) is 1. The minimum Gasteiger partial charge on any atom is -0.390 e. The van der Waals surface area contributed by atoms with Crippen molar-refractivity contribution >= 4 is 0 Å². The first kappa shape index (κ1) is 15.9. The first-order valence-corrected chi connectivity index (χ1v) is 6.78. The number of nitrogens with one attached hydrogen (secondary N) is 1. The van der Waals surface area contributed by atoms with Gasteiger partial charge in [-0.05, 0) is 32.9 Å². The number of hydrogen-bond donors (Lipinski definition) is 2. The van der Waals surface area contributed by atoms with Crippen molar-refractivity contribution in [3.63, 3.8) is 0 Å². The van der Waals surface area contributed by atoms with E-state index in [2.05, 4.69) is 37.9 Å². The van der Waals surface area contributed by atoms with Gasteiger partial charge in [-0.3, -0.25) is 4.90 Å². The summed E-state index contributed by atoms with van der Waals surface area (Å²) in [5, 5.41) is 13.1. The average Bonchev–Trinajstić information content (AvgIpc) is 2.30. The zero-order valence-electron chi connectivity index (χ0n) is 11.5. The van der Waals surface area contributed by atoms with Crippen molar-refractivity contribution in [2.75, 3.05) is 26.2 Å². The number of likely N-dealkylation sites (N-methyl/N-ethyl adjacent to an activating group) is 1. The van der Waals surface area contributed by atoms with Gasteiger partial charge in [0.2, 0.25) is 0 Å². The Kier molecular flexibility index (Phi) is 9.99. The molecule has 0 heterocycles. The van der Waals surface area contributed by atoms with Gasteiger partial charge in [0.05, 0.1) is 6.10 Å². The molecular weight excluding hydrogens is 200 g/mol. The number of aliphatic hydroxyl groups is 1. The Labute approximate surface area is 101 Å². The normalized spacial score (nSPS) is 15.4. The summed E-state index contributed by atoms with van der Waals surface area (Å²) in [6.45, 7) is 12.3. The molecule has 0 aromatic carbocycles. The molecule has 0 aliphatic rings. The SMILES string of the molecule is CCCCN(CC(O)CNCC)C(C)CC. The lowest BCUT2D eigenvalue weighted by molar-refractivity contribution is 0.0884. The molecule has 2 N–H and O–H groups in total. The molecule has 2 unspecified atom stereocenters. The molecule has 0 fully saturated rings. The van der Waals surface area contributed by atoms with E-state index in [0.29, 0.717) is 12.6 Å². The molecule has 16 heavy (non-hydrogen) atoms. The third kappa shape index (κ3) is 7.20. The lowest BCUT2D eigenvalue weighted by Crippen LogP contribution is -2.42. The maximum atomic E-state index is 9.89. The Morgan fingerprint density at radius 3 is 2.44 bits per heavy atom. The van der Waals surface area contributed by atoms with Gasteiger partial charge in [-0.15, -0.1) is 0 Å². The fraction of sp³-hybridized carbons (Fsp3) is 1.00. The van der Waals surface area contributed by atoms with Crippen LogP contribution in [0, 0.1) is 0 Å². The first-order valence-electron chi connectivity index (χ1n) is 6.78. The van der Waals surface area contributed by atoms with Crippen molar-refractivity contribution in [3.05, 3.63) is 0 Å². The molecule has 0 aromatic rings. The van der Waals surface area contributed by atoms with Crippen LogP contribution in [0.1, 0.15) is 47.0 Å². The monoisotopic (exact) mass is 230 g/mol. The minimum atomic E-state index is -0.245. The van der Waals surface area contributed by atoms with Crippen LogP contribution in [0.15, 0.2) is 0 Å². The summed E-state index contributed by atoms with van der Waals surface area (Å²) in [6, 6.07) is 0.572. The van der Waals surface area contributed by atoms with E-state index >= 15 is 0 Å². The van der Waals surface area contributed by atoms with E-state index in [1.165, 1.54) is 12.8 Å². The molecule has 0 radical (unpaired) electrons. The van der Waals surface area contributed by atoms with Crippen molar-refractivity contribution in [2.45, 2.75) is 59.1 Å². The van der Waals surface area contributed by atoms with E-state index < -0.39 is 0 Å². The second kappa shape index (κ2) is 10.1. The molecule has 3 nitrogen and oxygen atoms in total. The third-order valence-corrected chi connectivity index (χ3v) is 3.09. The second-order valence-corrected chi connectivity index (χ2v) is 4.57. The topological polar surface area (TPSA) is 35.5 Å². The molecule has 0 saturated heterocycles. The number of nitrogens with zero attached hydrogens (tertiary/aromatic N) is 1. The fourth-order valence-electron chi connectivity index (χ4n) is 1.76. The van der Waals surface area contributed by atoms with Crippen LogP contribution in [-0.4, -0.2) is 48.3 Å². The Bertz CT molecular complexity index is 153. The lowest BCUT2D eigenvalue weighted by atomic mass is 10.1. The van der Waals surface area contributed by atoms with Crippen LogP contribution >= 0.6 is 0 Å². The lowest BCUT2D eigenvalue weighted by Gasteiger charge is -2.30. The quantitative estimate of drug-likeness (QED) is 0.601. The van der Waals surface area contributed by atoms with E-state index in [0.717, 1.165) is 26.1 Å². The molecule has 0 aromatic heterocycles. The largest absolute Gasteiger partial charge is 0.390 e. The van der Waals surface area contributed by atoms with E-state index in [9.17, 15) is 5.11 Å². The number of hydrogen-bond acceptors (Lipinski definition) is 3. The highest BCUT2D eigenvalue weighted by Crippen LogP contribution is 2.06. The van der Waals surface area contributed by atoms with Gasteiger partial charge in [0.1, 0.15) is 0 Å². The Morgan fingerprint density at radius 2 is 1.94 bits per heavy atom. The van der Waals surface area contributed by atoms with Crippen LogP contribution in [-0.2, 0) is 0 Å². The van der Waals surface area contributed by atoms with Gasteiger partial charge in [-0.1, -0.05) is 27.2 Å². The van der Waals surface area contributed by atoms with Crippen molar-refractivity contribution in [2.24, 2.45) is 0 Å². The van der Waals surface area contributed by atoms with Crippen molar-refractivity contribution < 1.29 is 5.11 Å². The van der Waals surface area contributed by atoms with E-state index in [1.807, 2.05) is 0 Å². The Hall–Kier alpha value is -0.120. The third-order valence-electron chi connectivity index (χ3n) is 3.09. The molecule has 3 heteroatoms. The van der Waals surface area contributed by atoms with Crippen LogP contribution in [0.25, 0.3) is 0 Å². The highest BCUT2D eigenvalue weighted by Gasteiger charge is 2.15. The maximum absolute atomic E-state index is 9.89. The summed E-state index contributed by atoms with van der Waals surface area (Å²) in [6.07, 6.45) is 3.34. The second-order valence-electron chi connectivity index (χ2n) is 4.57. The van der Waals surface area contributed by atoms with Crippen LogP contribution in [0.4, 0.5) is 0 Å². The van der Waals surface area contributed by atoms with Gasteiger partial charge in [0, 0.05) is 19.1 Å². The summed E-state index contributed by atoms with van der Waals surface area (Å²) >= 11 is 0. The number of rotatable bonds is 10. The maximum Gasteiger partial charge on any atom is 0.0791 e. The van der Waals surface area contributed by atoms with Crippen molar-refractivity contribution in [3.8, 4) is 0 Å². The zero-order chi connectivity index (χ0) is 12.4. The summed E-state index contributed by atoms with van der Waals surface area (Å²) in [7, 11) is 0. The van der Waals surface area contributed by atoms with Gasteiger partial charge >= 0.3 is 0 Å². The summed E-state index contributed by atoms with van der Waals surface area (Å²) in [5.74, 6) is 0. The molecule has 0 amide bonds. The molecule has 0 aliphatic heterocycles. The van der Waals surface area contributed by atoms with Gasteiger partial charge in [-0.2, -0.15) is 0 Å². The van der Waals surface area contributed by atoms with Crippen molar-refractivity contribution in [1.82, 2.24) is 10.2 Å². The Balaban J connectivity index is 3.97. The van der Waals surface area contributed by atoms with Gasteiger partial charge < -0.3 is 10.4 Å². The van der Waals surface area contributed by atoms with Crippen LogP contribution in [0.5, 0.6) is 0 Å². The predicted octanol–water partition coefficient (Wildman–Crippen LogP) is 1.86. The fourth-order valence-corrected chi connectivity index (χ4v) is 1.76. The molecule has 0 bridgehead atoms. The molecule has 0 spiro atoms. The predicted molar refractivity (Wildman–Crippen MR) is 70.8 cm³/mol. The van der Waals surface area contributed by atoms with Crippen LogP contribution in [0.2, 0.25) is 0 Å². The zero-order valence-corrected chi connectivity index (χ0v) is 11.5. The molecule has 2 atom stereocenters. The first-order chi connectivity index (χ1) is 7.65.